The maximum atomic E-state index is 6.18. The Morgan fingerprint density at radius 2 is 1.95 bits per heavy atom. The maximum absolute atomic E-state index is 6.18. The van der Waals surface area contributed by atoms with Crippen molar-refractivity contribution in [3.05, 3.63) is 35.4 Å². The summed E-state index contributed by atoms with van der Waals surface area (Å²) in [6.45, 7) is 6.34. The molecule has 1 saturated carbocycles. The fourth-order valence-electron chi connectivity index (χ4n) is 3.78. The standard InChI is InChI=1S/C19H29NO/c1-3-20-18(19(2)13-4-5-14-21-19)17-11-9-16(10-12-17)15-7-6-8-15/h9-12,15,18,20H,3-8,13-14H2,1-2H3. The average Bonchev–Trinajstić information content (AvgIpc) is 2.45. The molecule has 3 rings (SSSR count). The molecule has 1 N–H and O–H groups in total. The van der Waals surface area contributed by atoms with Gasteiger partial charge >= 0.3 is 0 Å². The number of likely N-dealkylation sites (N-methyl/N-ethyl adjacent to an activating group) is 1. The van der Waals surface area contributed by atoms with Gasteiger partial charge in [0.15, 0.2) is 0 Å². The Morgan fingerprint density at radius 1 is 1.19 bits per heavy atom. The first-order valence-electron chi connectivity index (χ1n) is 8.70. The summed E-state index contributed by atoms with van der Waals surface area (Å²) in [4.78, 5) is 0. The largest absolute Gasteiger partial charge is 0.373 e. The number of ether oxygens (including phenoxy) is 1. The first-order chi connectivity index (χ1) is 10.2. The SMILES string of the molecule is CCNC(c1ccc(C2CCC2)cc1)C1(C)CCCCO1. The third-order valence-electron chi connectivity index (χ3n) is 5.36. The highest BCUT2D eigenvalue weighted by molar-refractivity contribution is 5.30. The topological polar surface area (TPSA) is 21.3 Å². The van der Waals surface area contributed by atoms with Crippen LogP contribution in [-0.2, 0) is 4.74 Å². The molecular formula is C19H29NO. The molecule has 1 aliphatic heterocycles. The van der Waals surface area contributed by atoms with Crippen LogP contribution in [0.5, 0.6) is 0 Å². The van der Waals surface area contributed by atoms with Crippen molar-refractivity contribution in [2.75, 3.05) is 13.2 Å². The third-order valence-corrected chi connectivity index (χ3v) is 5.36. The Bertz CT molecular complexity index is 443. The molecule has 2 heteroatoms. The van der Waals surface area contributed by atoms with E-state index in [0.29, 0.717) is 6.04 Å². The molecule has 1 aromatic rings. The second kappa shape index (κ2) is 6.50. The highest BCUT2D eigenvalue weighted by Crippen LogP contribution is 2.39. The molecule has 0 amide bonds. The van der Waals surface area contributed by atoms with Crippen molar-refractivity contribution in [2.45, 2.75) is 69.9 Å². The molecule has 0 spiro atoms. The van der Waals surface area contributed by atoms with E-state index in [1.165, 1.54) is 43.2 Å². The first-order valence-corrected chi connectivity index (χ1v) is 8.70. The molecule has 116 valence electrons. The van der Waals surface area contributed by atoms with Gasteiger partial charge in [0.1, 0.15) is 0 Å². The highest BCUT2D eigenvalue weighted by Gasteiger charge is 2.37. The monoisotopic (exact) mass is 287 g/mol. The molecule has 2 fully saturated rings. The Balaban J connectivity index is 1.79. The molecule has 0 bridgehead atoms. The van der Waals surface area contributed by atoms with Crippen LogP contribution in [0.25, 0.3) is 0 Å². The number of hydrogen-bond donors (Lipinski definition) is 1. The first kappa shape index (κ1) is 15.1. The molecule has 1 heterocycles. The van der Waals surface area contributed by atoms with E-state index in [4.69, 9.17) is 4.74 Å². The van der Waals surface area contributed by atoms with Crippen LogP contribution in [0.3, 0.4) is 0 Å². The van der Waals surface area contributed by atoms with E-state index in [1.807, 2.05) is 0 Å². The van der Waals surface area contributed by atoms with Crippen LogP contribution in [0.2, 0.25) is 0 Å². The number of rotatable bonds is 5. The summed E-state index contributed by atoms with van der Waals surface area (Å²) in [6, 6.07) is 9.64. The molecule has 1 aliphatic carbocycles. The summed E-state index contributed by atoms with van der Waals surface area (Å²) in [5.74, 6) is 0.818. The minimum absolute atomic E-state index is 0.0632. The number of nitrogens with one attached hydrogen (secondary N) is 1. The number of hydrogen-bond acceptors (Lipinski definition) is 2. The lowest BCUT2D eigenvalue weighted by Crippen LogP contribution is -2.45. The van der Waals surface area contributed by atoms with E-state index in [-0.39, 0.29) is 5.60 Å². The lowest BCUT2D eigenvalue weighted by Gasteiger charge is -2.41. The van der Waals surface area contributed by atoms with Crippen LogP contribution >= 0.6 is 0 Å². The van der Waals surface area contributed by atoms with Crippen LogP contribution in [0.1, 0.15) is 75.5 Å². The van der Waals surface area contributed by atoms with Gasteiger partial charge in [-0.25, -0.2) is 0 Å². The van der Waals surface area contributed by atoms with Gasteiger partial charge in [0.2, 0.25) is 0 Å². The van der Waals surface area contributed by atoms with Gasteiger partial charge in [-0.05, 0) is 62.6 Å². The lowest BCUT2D eigenvalue weighted by molar-refractivity contribution is -0.0895. The van der Waals surface area contributed by atoms with E-state index in [1.54, 1.807) is 0 Å². The summed E-state index contributed by atoms with van der Waals surface area (Å²) in [5.41, 5.74) is 2.84. The van der Waals surface area contributed by atoms with Crippen molar-refractivity contribution < 1.29 is 4.74 Å². The quantitative estimate of drug-likeness (QED) is 0.857. The summed E-state index contributed by atoms with van der Waals surface area (Å²) < 4.78 is 6.18. The van der Waals surface area contributed by atoms with Crippen LogP contribution < -0.4 is 5.32 Å². The van der Waals surface area contributed by atoms with Crippen molar-refractivity contribution in [1.29, 1.82) is 0 Å². The smallest absolute Gasteiger partial charge is 0.0848 e. The molecule has 0 aromatic heterocycles. The lowest BCUT2D eigenvalue weighted by atomic mass is 9.79. The average molecular weight is 287 g/mol. The van der Waals surface area contributed by atoms with Gasteiger partial charge in [-0.1, -0.05) is 37.6 Å². The van der Waals surface area contributed by atoms with E-state index in [0.717, 1.165) is 25.5 Å². The van der Waals surface area contributed by atoms with E-state index in [2.05, 4.69) is 43.4 Å². The van der Waals surface area contributed by atoms with Gasteiger partial charge in [-0.2, -0.15) is 0 Å². The summed E-state index contributed by atoms with van der Waals surface area (Å²) >= 11 is 0. The van der Waals surface area contributed by atoms with E-state index in [9.17, 15) is 0 Å². The normalized spacial score (nSPS) is 28.1. The van der Waals surface area contributed by atoms with Crippen LogP contribution in [-0.4, -0.2) is 18.8 Å². The van der Waals surface area contributed by atoms with Crippen LogP contribution in [0, 0.1) is 0 Å². The molecule has 1 saturated heterocycles. The Kier molecular flexibility index (Phi) is 4.66. The molecule has 2 atom stereocenters. The fraction of sp³-hybridized carbons (Fsp3) is 0.684. The second-order valence-corrected chi connectivity index (χ2v) is 6.90. The molecule has 2 aliphatic rings. The Hall–Kier alpha value is -0.860. The Morgan fingerprint density at radius 3 is 2.48 bits per heavy atom. The van der Waals surface area contributed by atoms with Gasteiger partial charge in [-0.3, -0.25) is 0 Å². The van der Waals surface area contributed by atoms with Gasteiger partial charge < -0.3 is 10.1 Å². The van der Waals surface area contributed by atoms with E-state index < -0.39 is 0 Å². The highest BCUT2D eigenvalue weighted by atomic mass is 16.5. The molecule has 21 heavy (non-hydrogen) atoms. The van der Waals surface area contributed by atoms with Crippen LogP contribution in [0.4, 0.5) is 0 Å². The summed E-state index contributed by atoms with van der Waals surface area (Å²) in [6.07, 6.45) is 7.77. The van der Waals surface area contributed by atoms with Crippen LogP contribution in [0.15, 0.2) is 24.3 Å². The van der Waals surface area contributed by atoms with Crippen molar-refractivity contribution in [1.82, 2.24) is 5.32 Å². The van der Waals surface area contributed by atoms with Crippen molar-refractivity contribution >= 4 is 0 Å². The third kappa shape index (κ3) is 3.17. The van der Waals surface area contributed by atoms with Gasteiger partial charge in [0.05, 0.1) is 11.6 Å². The van der Waals surface area contributed by atoms with Crippen molar-refractivity contribution in [3.8, 4) is 0 Å². The fourth-order valence-corrected chi connectivity index (χ4v) is 3.78. The van der Waals surface area contributed by atoms with Gasteiger partial charge in [0.25, 0.3) is 0 Å². The van der Waals surface area contributed by atoms with Crippen molar-refractivity contribution in [2.24, 2.45) is 0 Å². The molecule has 0 radical (unpaired) electrons. The minimum Gasteiger partial charge on any atom is -0.373 e. The molecule has 1 aromatic carbocycles. The molecular weight excluding hydrogens is 258 g/mol. The maximum Gasteiger partial charge on any atom is 0.0848 e. The van der Waals surface area contributed by atoms with Gasteiger partial charge in [-0.15, -0.1) is 0 Å². The zero-order valence-electron chi connectivity index (χ0n) is 13.5. The predicted molar refractivity (Wildman–Crippen MR) is 87.7 cm³/mol. The number of benzene rings is 1. The second-order valence-electron chi connectivity index (χ2n) is 6.90. The van der Waals surface area contributed by atoms with Crippen molar-refractivity contribution in [3.63, 3.8) is 0 Å². The predicted octanol–water partition coefficient (Wildman–Crippen LogP) is 4.56. The van der Waals surface area contributed by atoms with E-state index >= 15 is 0 Å². The zero-order chi connectivity index (χ0) is 14.7. The Labute approximate surface area is 129 Å². The van der Waals surface area contributed by atoms with Gasteiger partial charge in [0, 0.05) is 6.61 Å². The molecule has 2 nitrogen and oxygen atoms in total. The summed E-state index contributed by atoms with van der Waals surface area (Å²) in [5, 5.41) is 3.66. The minimum atomic E-state index is -0.0632. The zero-order valence-corrected chi connectivity index (χ0v) is 13.5. The summed E-state index contributed by atoms with van der Waals surface area (Å²) in [7, 11) is 0. The molecule has 2 unspecified atom stereocenters.